The summed E-state index contributed by atoms with van der Waals surface area (Å²) >= 11 is 5.20. The summed E-state index contributed by atoms with van der Waals surface area (Å²) in [4.78, 5) is 31.6. The Morgan fingerprint density at radius 2 is 1.28 bits per heavy atom. The summed E-state index contributed by atoms with van der Waals surface area (Å²) in [7, 11) is 1.67. The zero-order valence-corrected chi connectivity index (χ0v) is 20.1. The van der Waals surface area contributed by atoms with Crippen LogP contribution in [0.1, 0.15) is 0 Å². The minimum atomic E-state index is -1.52. The molecule has 5 nitrogen and oxygen atoms in total. The van der Waals surface area contributed by atoms with Crippen LogP contribution in [0, 0.1) is 0 Å². The summed E-state index contributed by atoms with van der Waals surface area (Å²) in [5.74, 6) is -0.740. The van der Waals surface area contributed by atoms with E-state index in [0.717, 1.165) is 21.3 Å². The van der Waals surface area contributed by atoms with Crippen molar-refractivity contribution in [2.75, 3.05) is 31.5 Å². The molecule has 0 aliphatic carbocycles. The molecule has 0 aromatic heterocycles. The van der Waals surface area contributed by atoms with Crippen LogP contribution >= 0.6 is 22.2 Å². The van der Waals surface area contributed by atoms with Crippen LogP contribution in [-0.4, -0.2) is 53.3 Å². The molecule has 0 atom stereocenters. The number of hydrogen-bond donors (Lipinski definition) is 0. The first-order valence-electron chi connectivity index (χ1n) is 10.1. The third-order valence-corrected chi connectivity index (χ3v) is 9.03. The van der Waals surface area contributed by atoms with Crippen LogP contribution in [0.2, 0.25) is 0 Å². The monoisotopic (exact) mass is 463 g/mol. The fourth-order valence-electron chi connectivity index (χ4n) is 3.79. The average Bonchev–Trinajstić information content (AvgIpc) is 3.09. The van der Waals surface area contributed by atoms with Gasteiger partial charge in [0, 0.05) is 25.5 Å². The van der Waals surface area contributed by atoms with Crippen LogP contribution in [-0.2, 0) is 9.59 Å². The van der Waals surface area contributed by atoms with E-state index in [1.165, 1.54) is 9.80 Å². The van der Waals surface area contributed by atoms with Gasteiger partial charge >= 0.3 is 0 Å². The predicted octanol–water partition coefficient (Wildman–Crippen LogP) is 4.77. The van der Waals surface area contributed by atoms with Gasteiger partial charge in [0.2, 0.25) is 0 Å². The van der Waals surface area contributed by atoms with Gasteiger partial charge in [0.1, 0.15) is 5.57 Å². The molecule has 2 aromatic rings. The van der Waals surface area contributed by atoms with Crippen LogP contribution in [0.25, 0.3) is 0 Å². The van der Waals surface area contributed by atoms with E-state index in [4.69, 9.17) is 12.2 Å². The summed E-state index contributed by atoms with van der Waals surface area (Å²) in [5.41, 5.74) is 2.25. The van der Waals surface area contributed by atoms with E-state index in [1.54, 1.807) is 20.2 Å². The van der Waals surface area contributed by atoms with Gasteiger partial charge in [-0.1, -0.05) is 36.4 Å². The van der Waals surface area contributed by atoms with Gasteiger partial charge in [-0.3, -0.25) is 19.4 Å². The largest absolute Gasteiger partial charge is 0.306 e. The molecule has 0 bridgehead atoms. The Balaban J connectivity index is 1.74. The van der Waals surface area contributed by atoms with E-state index >= 15 is 0 Å². The fraction of sp³-hybridized carbons (Fsp3) is 0.160. The van der Waals surface area contributed by atoms with Crippen molar-refractivity contribution in [1.82, 2.24) is 9.80 Å². The quantitative estimate of drug-likeness (QED) is 0.372. The van der Waals surface area contributed by atoms with Crippen molar-refractivity contribution in [3.63, 3.8) is 0 Å². The van der Waals surface area contributed by atoms with E-state index < -0.39 is 10.0 Å². The Labute approximate surface area is 195 Å². The van der Waals surface area contributed by atoms with E-state index in [0.29, 0.717) is 0 Å². The normalized spacial score (nSPS) is 19.0. The molecule has 0 unspecified atom stereocenters. The van der Waals surface area contributed by atoms with Crippen LogP contribution in [0.3, 0.4) is 0 Å². The number of anilines is 2. The van der Waals surface area contributed by atoms with Crippen LogP contribution in [0.4, 0.5) is 11.4 Å². The number of allylic oxidation sites excluding steroid dienone is 3. The first kappa shape index (κ1) is 22.0. The SMILES string of the molecule is CN1C(=O)C(=CC2=CC=C(N(c3ccccc3)c3ccccc3)S2(C)C)C(=O)N(C)C1=S. The molecule has 32 heavy (non-hydrogen) atoms. The van der Waals surface area contributed by atoms with E-state index in [9.17, 15) is 9.59 Å². The lowest BCUT2D eigenvalue weighted by molar-refractivity contribution is -0.132. The molecule has 0 spiro atoms. The molecule has 1 fully saturated rings. The Hall–Kier alpha value is -3.16. The molecule has 2 amide bonds. The van der Waals surface area contributed by atoms with Crippen LogP contribution < -0.4 is 4.90 Å². The lowest BCUT2D eigenvalue weighted by Gasteiger charge is -2.40. The highest BCUT2D eigenvalue weighted by atomic mass is 32.3. The van der Waals surface area contributed by atoms with Crippen LogP contribution in [0.15, 0.2) is 94.4 Å². The Kier molecular flexibility index (Phi) is 5.79. The molecule has 1 saturated heterocycles. The van der Waals surface area contributed by atoms with Crippen molar-refractivity contribution in [3.8, 4) is 0 Å². The summed E-state index contributed by atoms with van der Waals surface area (Å²) in [6.07, 6.45) is 10.2. The molecule has 2 aliphatic heterocycles. The molecular formula is C25H25N3O2S2. The third kappa shape index (κ3) is 3.67. The van der Waals surface area contributed by atoms with Gasteiger partial charge in [-0.2, -0.15) is 10.0 Å². The van der Waals surface area contributed by atoms with Crippen molar-refractivity contribution in [1.29, 1.82) is 0 Å². The van der Waals surface area contributed by atoms with Crippen LogP contribution in [0.5, 0.6) is 0 Å². The molecule has 2 heterocycles. The molecule has 2 aliphatic rings. The number of benzene rings is 2. The predicted molar refractivity (Wildman–Crippen MR) is 137 cm³/mol. The highest BCUT2D eigenvalue weighted by Gasteiger charge is 2.38. The lowest BCUT2D eigenvalue weighted by atomic mass is 10.1. The second kappa shape index (κ2) is 8.41. The minimum absolute atomic E-state index is 0.135. The number of carbonyl (C=O) groups excluding carboxylic acids is 2. The number of likely N-dealkylation sites (N-methyl/N-ethyl adjacent to an activating group) is 2. The zero-order chi connectivity index (χ0) is 23.0. The minimum Gasteiger partial charge on any atom is -0.306 e. The standard InChI is InChI=1S/C25H25N3O2S2/c1-26-23(29)21(24(30)27(2)25(26)31)17-20-15-16-22(32(20,3)4)28(18-11-7-5-8-12-18)19-13-9-6-10-14-19/h5-17H,1-4H3. The topological polar surface area (TPSA) is 43.9 Å². The first-order chi connectivity index (χ1) is 15.2. The molecule has 4 rings (SSSR count). The van der Waals surface area contributed by atoms with E-state index in [-0.39, 0.29) is 22.5 Å². The van der Waals surface area contributed by atoms with Crippen molar-refractivity contribution in [2.24, 2.45) is 0 Å². The molecule has 2 aromatic carbocycles. The smallest absolute Gasteiger partial charge is 0.265 e. The van der Waals surface area contributed by atoms with E-state index in [2.05, 4.69) is 47.8 Å². The van der Waals surface area contributed by atoms with Gasteiger partial charge in [-0.05, 0) is 72.1 Å². The number of rotatable bonds is 4. The van der Waals surface area contributed by atoms with Gasteiger partial charge in [-0.25, -0.2) is 0 Å². The Morgan fingerprint density at radius 3 is 1.75 bits per heavy atom. The van der Waals surface area contributed by atoms with Crippen molar-refractivity contribution < 1.29 is 9.59 Å². The number of nitrogens with zero attached hydrogens (tertiary/aromatic N) is 3. The molecule has 0 saturated carbocycles. The van der Waals surface area contributed by atoms with Crippen molar-refractivity contribution >= 4 is 50.5 Å². The second-order valence-corrected chi connectivity index (χ2v) is 11.9. The van der Waals surface area contributed by atoms with Gasteiger partial charge in [0.15, 0.2) is 5.11 Å². The highest BCUT2D eigenvalue weighted by Crippen LogP contribution is 2.62. The lowest BCUT2D eigenvalue weighted by Crippen LogP contribution is -2.52. The summed E-state index contributed by atoms with van der Waals surface area (Å²) in [6.45, 7) is 0. The summed E-state index contributed by atoms with van der Waals surface area (Å²) < 4.78 is 0. The number of hydrogen-bond acceptors (Lipinski definition) is 4. The number of amides is 2. The fourth-order valence-corrected chi connectivity index (χ4v) is 6.09. The molecular weight excluding hydrogens is 438 g/mol. The number of carbonyl (C=O) groups is 2. The maximum absolute atomic E-state index is 12.8. The Bertz CT molecular complexity index is 1120. The van der Waals surface area contributed by atoms with Crippen molar-refractivity contribution in [2.45, 2.75) is 0 Å². The molecule has 7 heteroatoms. The van der Waals surface area contributed by atoms with Crippen molar-refractivity contribution in [3.05, 3.63) is 94.4 Å². The Morgan fingerprint density at radius 1 is 0.812 bits per heavy atom. The summed E-state index contributed by atoms with van der Waals surface area (Å²) in [5, 5.41) is 1.34. The first-order valence-corrected chi connectivity index (χ1v) is 13.0. The second-order valence-electron chi connectivity index (χ2n) is 7.98. The molecule has 164 valence electrons. The van der Waals surface area contributed by atoms with Gasteiger partial charge in [-0.15, -0.1) is 0 Å². The molecule has 0 N–H and O–H groups in total. The number of para-hydroxylation sites is 2. The van der Waals surface area contributed by atoms with Gasteiger partial charge in [0.25, 0.3) is 11.8 Å². The van der Waals surface area contributed by atoms with E-state index in [1.807, 2.05) is 42.5 Å². The average molecular weight is 464 g/mol. The molecule has 0 radical (unpaired) electrons. The maximum Gasteiger partial charge on any atom is 0.265 e. The maximum atomic E-state index is 12.8. The zero-order valence-electron chi connectivity index (χ0n) is 18.5. The number of thiocarbonyl (C=S) groups is 1. The van der Waals surface area contributed by atoms with Gasteiger partial charge < -0.3 is 4.90 Å². The summed E-state index contributed by atoms with van der Waals surface area (Å²) in [6, 6.07) is 20.4. The van der Waals surface area contributed by atoms with Gasteiger partial charge in [0.05, 0.1) is 5.03 Å². The highest BCUT2D eigenvalue weighted by molar-refractivity contribution is 8.39. The third-order valence-electron chi connectivity index (χ3n) is 5.68.